The molecule has 4 nitrogen and oxygen atoms in total. The lowest BCUT2D eigenvalue weighted by atomic mass is 9.98. The van der Waals surface area contributed by atoms with Gasteiger partial charge in [0.2, 0.25) is 10.0 Å². The average molecular weight is 383 g/mol. The molecule has 0 amide bonds. The van der Waals surface area contributed by atoms with Crippen LogP contribution in [0.25, 0.3) is 0 Å². The summed E-state index contributed by atoms with van der Waals surface area (Å²) >= 11 is 4.81. The van der Waals surface area contributed by atoms with E-state index < -0.39 is 10.0 Å². The summed E-state index contributed by atoms with van der Waals surface area (Å²) in [6.45, 7) is 10.1. The molecule has 1 rings (SSSR count). The average Bonchev–Trinajstić information content (AvgIpc) is 2.69. The van der Waals surface area contributed by atoms with Gasteiger partial charge in [0.15, 0.2) is 0 Å². The van der Waals surface area contributed by atoms with E-state index >= 15 is 0 Å². The third-order valence-corrected chi connectivity index (χ3v) is 6.17. The second kappa shape index (κ2) is 7.35. The molecule has 0 aliphatic heterocycles. The molecule has 1 aromatic rings. The highest BCUT2D eigenvalue weighted by Crippen LogP contribution is 2.31. The van der Waals surface area contributed by atoms with Crippen LogP contribution in [-0.2, 0) is 16.6 Å². The first-order valence-electron chi connectivity index (χ1n) is 6.64. The summed E-state index contributed by atoms with van der Waals surface area (Å²) in [7, 11) is -3.45. The van der Waals surface area contributed by atoms with Crippen LogP contribution >= 0.6 is 27.3 Å². The van der Waals surface area contributed by atoms with E-state index in [1.54, 1.807) is 6.07 Å². The minimum absolute atomic E-state index is 0.0823. The van der Waals surface area contributed by atoms with Crippen LogP contribution in [0.15, 0.2) is 14.7 Å². The number of nitrogens with one attached hydrogen (secondary N) is 2. The highest BCUT2D eigenvalue weighted by molar-refractivity contribution is 9.11. The molecule has 0 bridgehead atoms. The largest absolute Gasteiger partial charge is 0.312 e. The van der Waals surface area contributed by atoms with Crippen LogP contribution in [0.2, 0.25) is 0 Å². The van der Waals surface area contributed by atoms with Gasteiger partial charge in [0, 0.05) is 18.0 Å². The summed E-state index contributed by atoms with van der Waals surface area (Å²) < 4.78 is 27.9. The predicted molar refractivity (Wildman–Crippen MR) is 88.7 cm³/mol. The Kier molecular flexibility index (Phi) is 6.66. The third kappa shape index (κ3) is 5.81. The molecule has 0 aliphatic carbocycles. The summed E-state index contributed by atoms with van der Waals surface area (Å²) in [5.74, 6) is 0. The summed E-state index contributed by atoms with van der Waals surface area (Å²) in [5, 5.41) is 3.27. The van der Waals surface area contributed by atoms with Gasteiger partial charge in [-0.3, -0.25) is 0 Å². The van der Waals surface area contributed by atoms with E-state index in [4.69, 9.17) is 0 Å². The van der Waals surface area contributed by atoms with Gasteiger partial charge in [0.1, 0.15) is 4.90 Å². The van der Waals surface area contributed by atoms with E-state index in [-0.39, 0.29) is 5.41 Å². The Bertz CT molecular complexity index is 533. The Morgan fingerprint density at radius 3 is 2.55 bits per heavy atom. The van der Waals surface area contributed by atoms with Crippen LogP contribution in [0.3, 0.4) is 0 Å². The fourth-order valence-electron chi connectivity index (χ4n) is 1.45. The molecule has 0 atom stereocenters. The summed E-state index contributed by atoms with van der Waals surface area (Å²) in [4.78, 5) is 1.35. The fraction of sp³-hybridized carbons (Fsp3) is 0.692. The molecule has 1 heterocycles. The molecule has 0 saturated carbocycles. The molecular weight excluding hydrogens is 360 g/mol. The maximum Gasteiger partial charge on any atom is 0.242 e. The van der Waals surface area contributed by atoms with Crippen molar-refractivity contribution in [3.05, 3.63) is 14.7 Å². The Balaban J connectivity index is 2.79. The lowest BCUT2D eigenvalue weighted by Crippen LogP contribution is -2.32. The molecule has 2 N–H and O–H groups in total. The topological polar surface area (TPSA) is 58.2 Å². The number of hydrogen-bond donors (Lipinski definition) is 2. The second-order valence-corrected chi connectivity index (χ2v) is 10.1. The molecular formula is C13H23BrN2O2S2. The molecule has 0 radical (unpaired) electrons. The Labute approximate surface area is 134 Å². The van der Waals surface area contributed by atoms with Gasteiger partial charge in [-0.15, -0.1) is 11.3 Å². The highest BCUT2D eigenvalue weighted by Gasteiger charge is 2.23. The van der Waals surface area contributed by atoms with Gasteiger partial charge in [-0.1, -0.05) is 27.7 Å². The minimum atomic E-state index is -3.45. The van der Waals surface area contributed by atoms with Crippen molar-refractivity contribution >= 4 is 37.3 Å². The number of thiophene rings is 1. The van der Waals surface area contributed by atoms with Crippen molar-refractivity contribution in [2.24, 2.45) is 5.41 Å². The van der Waals surface area contributed by atoms with Crippen LogP contribution in [0.1, 0.15) is 39.0 Å². The zero-order valence-corrected chi connectivity index (χ0v) is 15.6. The molecule has 116 valence electrons. The second-order valence-electron chi connectivity index (χ2n) is 5.91. The smallest absolute Gasteiger partial charge is 0.242 e. The lowest BCUT2D eigenvalue weighted by molar-refractivity contribution is 0.407. The molecule has 0 unspecified atom stereocenters. The Morgan fingerprint density at radius 2 is 2.00 bits per heavy atom. The quantitative estimate of drug-likeness (QED) is 0.710. The number of rotatable bonds is 7. The minimum Gasteiger partial charge on any atom is -0.312 e. The fourth-order valence-corrected chi connectivity index (χ4v) is 5.38. The summed E-state index contributed by atoms with van der Waals surface area (Å²) in [5.41, 5.74) is -0.0823. The lowest BCUT2D eigenvalue weighted by Gasteiger charge is -2.18. The molecule has 0 aromatic carbocycles. The molecule has 0 fully saturated rings. The zero-order valence-electron chi connectivity index (χ0n) is 12.4. The van der Waals surface area contributed by atoms with Gasteiger partial charge in [-0.05, 0) is 40.4 Å². The van der Waals surface area contributed by atoms with E-state index in [2.05, 4.69) is 32.9 Å². The molecule has 0 saturated heterocycles. The van der Waals surface area contributed by atoms with E-state index in [0.717, 1.165) is 17.8 Å². The van der Waals surface area contributed by atoms with Crippen molar-refractivity contribution in [2.75, 3.05) is 13.1 Å². The van der Waals surface area contributed by atoms with E-state index in [1.165, 1.54) is 11.3 Å². The van der Waals surface area contributed by atoms with Crippen molar-refractivity contribution in [3.63, 3.8) is 0 Å². The van der Waals surface area contributed by atoms with Gasteiger partial charge >= 0.3 is 0 Å². The Morgan fingerprint density at radius 1 is 1.35 bits per heavy atom. The van der Waals surface area contributed by atoms with Gasteiger partial charge in [-0.2, -0.15) is 0 Å². The monoisotopic (exact) mass is 382 g/mol. The molecule has 20 heavy (non-hydrogen) atoms. The van der Waals surface area contributed by atoms with Crippen LogP contribution in [0, 0.1) is 5.41 Å². The SMILES string of the molecule is CCCNCc1cc(S(=O)(=O)NCC(C)(C)C)c(Br)s1. The molecule has 7 heteroatoms. The predicted octanol–water partition coefficient (Wildman–Crippen LogP) is 3.33. The van der Waals surface area contributed by atoms with E-state index in [0.29, 0.717) is 21.8 Å². The van der Waals surface area contributed by atoms with Crippen LogP contribution in [0.5, 0.6) is 0 Å². The first kappa shape index (κ1) is 18.1. The van der Waals surface area contributed by atoms with E-state index in [1.807, 2.05) is 20.8 Å². The maximum absolute atomic E-state index is 12.3. The first-order chi connectivity index (χ1) is 9.15. The standard InChI is InChI=1S/C13H23BrN2O2S2/c1-5-6-15-8-10-7-11(12(14)19-10)20(17,18)16-9-13(2,3)4/h7,15-16H,5-6,8-9H2,1-4H3. The van der Waals surface area contributed by atoms with Crippen LogP contribution in [0.4, 0.5) is 0 Å². The van der Waals surface area contributed by atoms with Gasteiger partial charge in [0.25, 0.3) is 0 Å². The number of hydrogen-bond acceptors (Lipinski definition) is 4. The molecule has 1 aromatic heterocycles. The van der Waals surface area contributed by atoms with Crippen molar-refractivity contribution < 1.29 is 8.42 Å². The van der Waals surface area contributed by atoms with E-state index in [9.17, 15) is 8.42 Å². The molecule has 0 spiro atoms. The zero-order chi connectivity index (χ0) is 15.4. The summed E-state index contributed by atoms with van der Waals surface area (Å²) in [6.07, 6.45) is 1.06. The third-order valence-electron chi connectivity index (χ3n) is 2.51. The van der Waals surface area contributed by atoms with Crippen molar-refractivity contribution in [2.45, 2.75) is 45.6 Å². The molecule has 0 aliphatic rings. The number of sulfonamides is 1. The highest BCUT2D eigenvalue weighted by atomic mass is 79.9. The Hall–Kier alpha value is 0.0500. The van der Waals surface area contributed by atoms with Crippen molar-refractivity contribution in [1.82, 2.24) is 10.0 Å². The summed E-state index contributed by atoms with van der Waals surface area (Å²) in [6, 6.07) is 1.74. The van der Waals surface area contributed by atoms with Gasteiger partial charge in [0.05, 0.1) is 3.79 Å². The van der Waals surface area contributed by atoms with Gasteiger partial charge in [-0.25, -0.2) is 13.1 Å². The van der Waals surface area contributed by atoms with Crippen molar-refractivity contribution in [1.29, 1.82) is 0 Å². The maximum atomic E-state index is 12.3. The van der Waals surface area contributed by atoms with Crippen LogP contribution in [-0.4, -0.2) is 21.5 Å². The van der Waals surface area contributed by atoms with Crippen molar-refractivity contribution in [3.8, 4) is 0 Å². The van der Waals surface area contributed by atoms with Crippen LogP contribution < -0.4 is 10.0 Å². The first-order valence-corrected chi connectivity index (χ1v) is 9.73. The normalized spacial score (nSPS) is 12.8. The number of halogens is 1. The van der Waals surface area contributed by atoms with Gasteiger partial charge < -0.3 is 5.32 Å².